The molecular weight excluding hydrogens is 300 g/mol. The van der Waals surface area contributed by atoms with Crippen LogP contribution in [0.2, 0.25) is 0 Å². The molecule has 0 saturated heterocycles. The molecule has 0 aliphatic carbocycles. The molecule has 2 rings (SSSR count). The lowest BCUT2D eigenvalue weighted by molar-refractivity contribution is -0.384. The maximum absolute atomic E-state index is 11.6. The minimum absolute atomic E-state index is 0.0121. The van der Waals surface area contributed by atoms with Gasteiger partial charge in [0.25, 0.3) is 5.69 Å². The fourth-order valence-corrected chi connectivity index (χ4v) is 1.86. The molecule has 0 unspecified atom stereocenters. The van der Waals surface area contributed by atoms with Crippen molar-refractivity contribution in [2.75, 3.05) is 0 Å². The second-order valence-electron chi connectivity index (χ2n) is 4.72. The van der Waals surface area contributed by atoms with Gasteiger partial charge in [-0.2, -0.15) is 0 Å². The number of rotatable bonds is 6. The number of nitro groups is 1. The Morgan fingerprint density at radius 1 is 1.17 bits per heavy atom. The molecule has 0 aliphatic rings. The Bertz CT molecular complexity index is 713. The van der Waals surface area contributed by atoms with E-state index >= 15 is 0 Å². The van der Waals surface area contributed by atoms with E-state index in [1.807, 2.05) is 0 Å². The Morgan fingerprint density at radius 3 is 2.57 bits per heavy atom. The third kappa shape index (κ3) is 4.92. The molecule has 7 heteroatoms. The first-order valence-corrected chi connectivity index (χ1v) is 6.76. The molecule has 0 fully saturated rings. The number of aldehydes is 1. The number of non-ortho nitro benzene ring substituents is 1. The van der Waals surface area contributed by atoms with Crippen molar-refractivity contribution in [2.24, 2.45) is 0 Å². The van der Waals surface area contributed by atoms with Crippen LogP contribution in [0, 0.1) is 10.1 Å². The number of alkyl carbamates (subject to hydrolysis) is 1. The molecule has 23 heavy (non-hydrogen) atoms. The number of carbonyl (C=O) groups excluding carboxylic acids is 2. The summed E-state index contributed by atoms with van der Waals surface area (Å²) in [6.07, 6.45) is 0.121. The third-order valence-corrected chi connectivity index (χ3v) is 3.04. The highest BCUT2D eigenvalue weighted by molar-refractivity contribution is 5.75. The van der Waals surface area contributed by atoms with Gasteiger partial charge in [0.05, 0.1) is 4.92 Å². The van der Waals surface area contributed by atoms with E-state index in [0.29, 0.717) is 11.1 Å². The van der Waals surface area contributed by atoms with E-state index in [-0.39, 0.29) is 18.8 Å². The van der Waals surface area contributed by atoms with E-state index < -0.39 is 11.0 Å². The number of hydrogen-bond acceptors (Lipinski definition) is 5. The highest BCUT2D eigenvalue weighted by atomic mass is 16.6. The first-order chi connectivity index (χ1) is 11.1. The number of carbonyl (C=O) groups is 2. The average molecular weight is 314 g/mol. The van der Waals surface area contributed by atoms with Gasteiger partial charge in [-0.25, -0.2) is 4.79 Å². The number of hydrogen-bond donors (Lipinski definition) is 1. The molecule has 118 valence electrons. The van der Waals surface area contributed by atoms with Crippen LogP contribution < -0.4 is 5.32 Å². The Morgan fingerprint density at radius 2 is 1.91 bits per heavy atom. The number of nitro benzene ring substituents is 1. The molecular formula is C16H14N2O5. The summed E-state index contributed by atoms with van der Waals surface area (Å²) in [4.78, 5) is 32.3. The summed E-state index contributed by atoms with van der Waals surface area (Å²) in [5.74, 6) is 0. The Labute approximate surface area is 132 Å². The van der Waals surface area contributed by atoms with Crippen molar-refractivity contribution in [3.63, 3.8) is 0 Å². The fraction of sp³-hybridized carbons (Fsp3) is 0.125. The third-order valence-electron chi connectivity index (χ3n) is 3.04. The molecule has 0 aliphatic heterocycles. The van der Waals surface area contributed by atoms with E-state index in [4.69, 9.17) is 4.74 Å². The SMILES string of the molecule is O=Cc1cccc(CNC(=O)OCc2ccc([N+](=O)[O-])cc2)c1. The number of amides is 1. The Kier molecular flexibility index (Phi) is 5.40. The van der Waals surface area contributed by atoms with Crippen LogP contribution in [-0.2, 0) is 17.9 Å². The summed E-state index contributed by atoms with van der Waals surface area (Å²) in [5, 5.41) is 13.1. The van der Waals surface area contributed by atoms with Crippen LogP contribution in [0.1, 0.15) is 21.5 Å². The normalized spacial score (nSPS) is 9.91. The monoisotopic (exact) mass is 314 g/mol. The molecule has 1 N–H and O–H groups in total. The zero-order chi connectivity index (χ0) is 16.7. The van der Waals surface area contributed by atoms with Crippen molar-refractivity contribution < 1.29 is 19.2 Å². The predicted octanol–water partition coefficient (Wildman–Crippen LogP) is 2.83. The number of nitrogens with zero attached hydrogens (tertiary/aromatic N) is 1. The van der Waals surface area contributed by atoms with Crippen LogP contribution in [0.5, 0.6) is 0 Å². The lowest BCUT2D eigenvalue weighted by Gasteiger charge is -2.07. The zero-order valence-electron chi connectivity index (χ0n) is 12.1. The van der Waals surface area contributed by atoms with Crippen LogP contribution in [0.4, 0.5) is 10.5 Å². The Hall–Kier alpha value is -3.22. The second-order valence-corrected chi connectivity index (χ2v) is 4.72. The van der Waals surface area contributed by atoms with E-state index in [9.17, 15) is 19.7 Å². The highest BCUT2D eigenvalue weighted by Crippen LogP contribution is 2.12. The van der Waals surface area contributed by atoms with Crippen molar-refractivity contribution in [1.82, 2.24) is 5.32 Å². The molecule has 7 nitrogen and oxygen atoms in total. The lowest BCUT2D eigenvalue weighted by atomic mass is 10.1. The standard InChI is InChI=1S/C16H14N2O5/c19-10-14-3-1-2-13(8-14)9-17-16(20)23-11-12-4-6-15(7-5-12)18(21)22/h1-8,10H,9,11H2,(H,17,20). The summed E-state index contributed by atoms with van der Waals surface area (Å²) >= 11 is 0. The minimum atomic E-state index is -0.611. The molecule has 0 heterocycles. The van der Waals surface area contributed by atoms with Crippen molar-refractivity contribution in [3.8, 4) is 0 Å². The van der Waals surface area contributed by atoms with Crippen LogP contribution in [0.3, 0.4) is 0 Å². The minimum Gasteiger partial charge on any atom is -0.445 e. The number of ether oxygens (including phenoxy) is 1. The van der Waals surface area contributed by atoms with E-state index in [0.717, 1.165) is 11.8 Å². The average Bonchev–Trinajstić information content (AvgIpc) is 2.58. The molecule has 2 aromatic rings. The maximum Gasteiger partial charge on any atom is 0.407 e. The lowest BCUT2D eigenvalue weighted by Crippen LogP contribution is -2.23. The number of nitrogens with one attached hydrogen (secondary N) is 1. The smallest absolute Gasteiger partial charge is 0.407 e. The molecule has 0 radical (unpaired) electrons. The van der Waals surface area contributed by atoms with Gasteiger partial charge in [0.1, 0.15) is 12.9 Å². The molecule has 2 aromatic carbocycles. The molecule has 0 aromatic heterocycles. The van der Waals surface area contributed by atoms with E-state index in [1.54, 1.807) is 24.3 Å². The van der Waals surface area contributed by atoms with Gasteiger partial charge in [0, 0.05) is 24.2 Å². The molecule has 0 bridgehead atoms. The highest BCUT2D eigenvalue weighted by Gasteiger charge is 2.06. The van der Waals surface area contributed by atoms with Crippen LogP contribution in [0.25, 0.3) is 0 Å². The quantitative estimate of drug-likeness (QED) is 0.502. The van der Waals surface area contributed by atoms with Crippen LogP contribution >= 0.6 is 0 Å². The number of benzene rings is 2. The maximum atomic E-state index is 11.6. The van der Waals surface area contributed by atoms with Crippen molar-refractivity contribution in [2.45, 2.75) is 13.2 Å². The largest absolute Gasteiger partial charge is 0.445 e. The molecule has 0 saturated carbocycles. The summed E-state index contributed by atoms with van der Waals surface area (Å²) < 4.78 is 5.02. The first-order valence-electron chi connectivity index (χ1n) is 6.76. The fourth-order valence-electron chi connectivity index (χ4n) is 1.86. The molecule has 1 amide bonds. The van der Waals surface area contributed by atoms with E-state index in [2.05, 4.69) is 5.32 Å². The van der Waals surface area contributed by atoms with Crippen LogP contribution in [-0.4, -0.2) is 17.3 Å². The predicted molar refractivity (Wildman–Crippen MR) is 82.0 cm³/mol. The summed E-state index contributed by atoms with van der Waals surface area (Å²) in [5.41, 5.74) is 1.94. The first kappa shape index (κ1) is 16.2. The van der Waals surface area contributed by atoms with Crippen molar-refractivity contribution >= 4 is 18.1 Å². The van der Waals surface area contributed by atoms with Gasteiger partial charge in [0.15, 0.2) is 0 Å². The topological polar surface area (TPSA) is 98.5 Å². The van der Waals surface area contributed by atoms with Gasteiger partial charge in [-0.1, -0.05) is 18.2 Å². The van der Waals surface area contributed by atoms with Gasteiger partial charge < -0.3 is 10.1 Å². The van der Waals surface area contributed by atoms with Crippen molar-refractivity contribution in [1.29, 1.82) is 0 Å². The summed E-state index contributed by atoms with van der Waals surface area (Å²) in [7, 11) is 0. The zero-order valence-corrected chi connectivity index (χ0v) is 12.1. The van der Waals surface area contributed by atoms with Crippen molar-refractivity contribution in [3.05, 3.63) is 75.3 Å². The van der Waals surface area contributed by atoms with Gasteiger partial charge in [-0.15, -0.1) is 0 Å². The van der Waals surface area contributed by atoms with Gasteiger partial charge >= 0.3 is 6.09 Å². The second kappa shape index (κ2) is 7.69. The molecule has 0 spiro atoms. The summed E-state index contributed by atoms with van der Waals surface area (Å²) in [6, 6.07) is 12.6. The van der Waals surface area contributed by atoms with Gasteiger partial charge in [-0.3, -0.25) is 14.9 Å². The van der Waals surface area contributed by atoms with Crippen LogP contribution in [0.15, 0.2) is 48.5 Å². The van der Waals surface area contributed by atoms with Gasteiger partial charge in [0.2, 0.25) is 0 Å². The Balaban J connectivity index is 1.80. The van der Waals surface area contributed by atoms with E-state index in [1.165, 1.54) is 24.3 Å². The van der Waals surface area contributed by atoms with Gasteiger partial charge in [-0.05, 0) is 29.3 Å². The summed E-state index contributed by atoms with van der Waals surface area (Å²) in [6.45, 7) is 0.249. The molecule has 0 atom stereocenters.